The van der Waals surface area contributed by atoms with E-state index in [0.29, 0.717) is 12.1 Å². The summed E-state index contributed by atoms with van der Waals surface area (Å²) in [5.74, 6) is -0.0887. The summed E-state index contributed by atoms with van der Waals surface area (Å²) in [5.41, 5.74) is 5.50. The van der Waals surface area contributed by atoms with Crippen LogP contribution in [0.25, 0.3) is 0 Å². The van der Waals surface area contributed by atoms with Gasteiger partial charge in [-0.25, -0.2) is 0 Å². The Kier molecular flexibility index (Phi) is 8.41. The number of rotatable bonds is 6. The second kappa shape index (κ2) is 11.3. The number of fused-ring (bicyclic) bond motifs is 1. The van der Waals surface area contributed by atoms with Gasteiger partial charge in [-0.1, -0.05) is 84.9 Å². The Hall–Kier alpha value is -2.92. The van der Waals surface area contributed by atoms with E-state index in [4.69, 9.17) is 0 Å². The number of hydrogen-bond acceptors (Lipinski definition) is 3. The van der Waals surface area contributed by atoms with Crippen molar-refractivity contribution < 1.29 is 9.59 Å². The van der Waals surface area contributed by atoms with Crippen molar-refractivity contribution in [2.45, 2.75) is 91.1 Å². The molecule has 0 fully saturated rings. The highest BCUT2D eigenvalue weighted by atomic mass is 32.1. The number of nitrogens with zero attached hydrogens (tertiary/aromatic N) is 2. The van der Waals surface area contributed by atoms with Crippen LogP contribution in [-0.2, 0) is 22.0 Å². The number of carbonyl (C=O) groups excluding carboxylic acids is 2. The van der Waals surface area contributed by atoms with Gasteiger partial charge in [-0.15, -0.1) is 11.3 Å². The molecular weight excluding hydrogens is 500 g/mol. The molecule has 1 aliphatic heterocycles. The Morgan fingerprint density at radius 3 is 2.03 bits per heavy atom. The third-order valence-electron chi connectivity index (χ3n) is 8.07. The Morgan fingerprint density at radius 2 is 1.49 bits per heavy atom. The molecule has 2 unspecified atom stereocenters. The summed E-state index contributed by atoms with van der Waals surface area (Å²) in [6.45, 7) is 18.0. The van der Waals surface area contributed by atoms with Crippen LogP contribution in [0, 0.1) is 0 Å². The molecule has 0 bridgehead atoms. The van der Waals surface area contributed by atoms with Gasteiger partial charge in [0.25, 0.3) is 5.91 Å². The van der Waals surface area contributed by atoms with Gasteiger partial charge >= 0.3 is 0 Å². The zero-order valence-electron chi connectivity index (χ0n) is 24.9. The molecule has 0 N–H and O–H groups in total. The highest BCUT2D eigenvalue weighted by Gasteiger charge is 2.35. The average Bonchev–Trinajstić information content (AvgIpc) is 3.38. The van der Waals surface area contributed by atoms with Gasteiger partial charge in [-0.05, 0) is 76.4 Å². The number of benzene rings is 2. The van der Waals surface area contributed by atoms with Crippen LogP contribution in [0.1, 0.15) is 105 Å². The maximum Gasteiger partial charge on any atom is 0.254 e. The molecule has 4 nitrogen and oxygen atoms in total. The first-order chi connectivity index (χ1) is 18.3. The summed E-state index contributed by atoms with van der Waals surface area (Å²) in [6, 6.07) is 18.6. The standard InChI is InChI=1S/C34H44N2O2S/c1-9-23(2)36(32(38)25-12-16-27(17-13-25)34(6,7)8)22-30(37)35-20-18-29-28(19-21-39-29)31(35)24-10-14-26(15-11-24)33(3,4)5/h10-17,19,21,23,31H,9,18,20,22H2,1-8H3. The summed E-state index contributed by atoms with van der Waals surface area (Å²) in [5, 5.41) is 2.13. The molecule has 1 aromatic heterocycles. The molecule has 0 spiro atoms. The van der Waals surface area contributed by atoms with Crippen molar-refractivity contribution in [3.63, 3.8) is 0 Å². The Bertz CT molecular complexity index is 1290. The Labute approximate surface area is 239 Å². The van der Waals surface area contributed by atoms with Gasteiger partial charge in [0.1, 0.15) is 6.54 Å². The molecule has 0 saturated heterocycles. The molecule has 2 aromatic carbocycles. The Balaban J connectivity index is 1.62. The second-order valence-corrected chi connectivity index (χ2v) is 13.9. The molecule has 3 aromatic rings. The summed E-state index contributed by atoms with van der Waals surface area (Å²) in [4.78, 5) is 32.8. The molecular formula is C34H44N2O2S. The third-order valence-corrected chi connectivity index (χ3v) is 9.06. The average molecular weight is 545 g/mol. The molecule has 1 aliphatic rings. The van der Waals surface area contributed by atoms with Crippen molar-refractivity contribution in [1.29, 1.82) is 0 Å². The van der Waals surface area contributed by atoms with Gasteiger partial charge in [-0.3, -0.25) is 9.59 Å². The SMILES string of the molecule is CCC(C)N(CC(=O)N1CCc2sccc2C1c1ccc(C(C)(C)C)cc1)C(=O)c1ccc(C(C)(C)C)cc1. The smallest absolute Gasteiger partial charge is 0.254 e. The number of thiophene rings is 1. The van der Waals surface area contributed by atoms with Crippen LogP contribution >= 0.6 is 11.3 Å². The van der Waals surface area contributed by atoms with Crippen molar-refractivity contribution >= 4 is 23.2 Å². The normalized spacial score (nSPS) is 16.5. The minimum atomic E-state index is -0.138. The van der Waals surface area contributed by atoms with Gasteiger partial charge in [0.15, 0.2) is 0 Å². The van der Waals surface area contributed by atoms with Crippen LogP contribution in [-0.4, -0.2) is 40.7 Å². The highest BCUT2D eigenvalue weighted by molar-refractivity contribution is 7.10. The molecule has 39 heavy (non-hydrogen) atoms. The second-order valence-electron chi connectivity index (χ2n) is 12.9. The van der Waals surface area contributed by atoms with Gasteiger partial charge < -0.3 is 9.80 Å². The van der Waals surface area contributed by atoms with E-state index in [2.05, 4.69) is 84.2 Å². The van der Waals surface area contributed by atoms with Crippen molar-refractivity contribution in [2.75, 3.05) is 13.1 Å². The maximum absolute atomic E-state index is 14.0. The van der Waals surface area contributed by atoms with Crippen molar-refractivity contribution in [1.82, 2.24) is 9.80 Å². The van der Waals surface area contributed by atoms with Crippen LogP contribution in [0.5, 0.6) is 0 Å². The van der Waals surface area contributed by atoms with Gasteiger partial charge in [0, 0.05) is 23.0 Å². The minimum Gasteiger partial charge on any atom is -0.330 e. The van der Waals surface area contributed by atoms with E-state index in [0.717, 1.165) is 18.4 Å². The van der Waals surface area contributed by atoms with Crippen LogP contribution in [0.2, 0.25) is 0 Å². The van der Waals surface area contributed by atoms with Gasteiger partial charge in [0.05, 0.1) is 6.04 Å². The largest absolute Gasteiger partial charge is 0.330 e. The van der Waals surface area contributed by atoms with E-state index in [-0.39, 0.29) is 41.3 Å². The molecule has 0 saturated carbocycles. The van der Waals surface area contributed by atoms with Crippen LogP contribution < -0.4 is 0 Å². The first-order valence-corrected chi connectivity index (χ1v) is 15.1. The lowest BCUT2D eigenvalue weighted by atomic mass is 9.85. The lowest BCUT2D eigenvalue weighted by molar-refractivity contribution is -0.134. The van der Waals surface area contributed by atoms with Crippen LogP contribution in [0.3, 0.4) is 0 Å². The first kappa shape index (κ1) is 29.1. The highest BCUT2D eigenvalue weighted by Crippen LogP contribution is 2.38. The summed E-state index contributed by atoms with van der Waals surface area (Å²) >= 11 is 1.77. The molecule has 0 aliphatic carbocycles. The summed E-state index contributed by atoms with van der Waals surface area (Å²) < 4.78 is 0. The van der Waals surface area contributed by atoms with Gasteiger partial charge in [-0.2, -0.15) is 0 Å². The lowest BCUT2D eigenvalue weighted by Gasteiger charge is -2.38. The topological polar surface area (TPSA) is 40.6 Å². The molecule has 4 rings (SSSR count). The van der Waals surface area contributed by atoms with E-state index >= 15 is 0 Å². The number of carbonyl (C=O) groups is 2. The Morgan fingerprint density at radius 1 is 0.923 bits per heavy atom. The molecule has 2 atom stereocenters. The van der Waals surface area contributed by atoms with Crippen molar-refractivity contribution in [3.8, 4) is 0 Å². The lowest BCUT2D eigenvalue weighted by Crippen LogP contribution is -2.49. The fraction of sp³-hybridized carbons (Fsp3) is 0.471. The number of amides is 2. The third kappa shape index (κ3) is 6.30. The molecule has 2 amide bonds. The maximum atomic E-state index is 14.0. The minimum absolute atomic E-state index is 0.00305. The molecule has 5 heteroatoms. The summed E-state index contributed by atoms with van der Waals surface area (Å²) in [6.07, 6.45) is 1.63. The number of hydrogen-bond donors (Lipinski definition) is 0. The van der Waals surface area contributed by atoms with Crippen LogP contribution in [0.15, 0.2) is 60.0 Å². The summed E-state index contributed by atoms with van der Waals surface area (Å²) in [7, 11) is 0. The molecule has 0 radical (unpaired) electrons. The predicted octanol–water partition coefficient (Wildman–Crippen LogP) is 7.76. The molecule has 2 heterocycles. The zero-order chi connectivity index (χ0) is 28.5. The monoisotopic (exact) mass is 544 g/mol. The fourth-order valence-electron chi connectivity index (χ4n) is 5.27. The van der Waals surface area contributed by atoms with Crippen molar-refractivity contribution in [3.05, 3.63) is 92.7 Å². The van der Waals surface area contributed by atoms with Crippen molar-refractivity contribution in [2.24, 2.45) is 0 Å². The van der Waals surface area contributed by atoms with E-state index in [1.54, 1.807) is 16.2 Å². The predicted molar refractivity (Wildman–Crippen MR) is 163 cm³/mol. The van der Waals surface area contributed by atoms with Crippen LogP contribution in [0.4, 0.5) is 0 Å². The van der Waals surface area contributed by atoms with E-state index in [9.17, 15) is 9.59 Å². The zero-order valence-corrected chi connectivity index (χ0v) is 25.7. The molecule has 208 valence electrons. The van der Waals surface area contributed by atoms with E-state index < -0.39 is 0 Å². The fourth-order valence-corrected chi connectivity index (χ4v) is 6.18. The quantitative estimate of drug-likeness (QED) is 0.318. The van der Waals surface area contributed by atoms with Gasteiger partial charge in [0.2, 0.25) is 5.91 Å². The first-order valence-electron chi connectivity index (χ1n) is 14.2. The van der Waals surface area contributed by atoms with E-state index in [1.165, 1.54) is 21.6 Å². The van der Waals surface area contributed by atoms with E-state index in [1.807, 2.05) is 36.1 Å².